The fraction of sp³-hybridized carbons (Fsp3) is 0.667. The Bertz CT molecular complexity index is 1320. The zero-order chi connectivity index (χ0) is 31.5. The van der Waals surface area contributed by atoms with Gasteiger partial charge in [0.2, 0.25) is 0 Å². The number of hydrogen-bond donors (Lipinski definition) is 3. The lowest BCUT2D eigenvalue weighted by atomic mass is 9.48. The number of amides is 1. The molecule has 1 fully saturated rings. The van der Waals surface area contributed by atoms with Crippen LogP contribution in [-0.2, 0) is 16.8 Å². The van der Waals surface area contributed by atoms with Crippen LogP contribution in [-0.4, -0.2) is 54.5 Å². The Balaban J connectivity index is 2.22. The number of rotatable bonds is 5. The average molecular weight is 594 g/mol. The van der Waals surface area contributed by atoms with Crippen LogP contribution in [0.1, 0.15) is 80.6 Å². The number of nitrogens with one attached hydrogen (secondary N) is 1. The standard InChI is InChI=1S/C30H45ClFN5O4/c1-16-12-22(35-37(16)29(9,10)11)34-21-13-18(31)23(32)19(33-21)14-30(25(38)39)20(27(3,4)5)15-36(26(40)41)17(2)24(30)28(6,7)8/h12-13,17,20,24H,14-15H2,1-11H3,(H,38,39)(H,40,41)(H,33,34,35)/t17-,20?,24?,30-/m1/s1. The Labute approximate surface area is 247 Å². The third kappa shape index (κ3) is 6.17. The van der Waals surface area contributed by atoms with E-state index < -0.39 is 52.0 Å². The molecule has 2 aromatic rings. The molecule has 2 aromatic heterocycles. The van der Waals surface area contributed by atoms with Crippen LogP contribution in [0, 0.1) is 40.8 Å². The topological polar surface area (TPSA) is 121 Å². The largest absolute Gasteiger partial charge is 0.481 e. The Kier molecular flexibility index (Phi) is 8.56. The second kappa shape index (κ2) is 10.7. The van der Waals surface area contributed by atoms with Gasteiger partial charge in [0.05, 0.1) is 21.7 Å². The summed E-state index contributed by atoms with van der Waals surface area (Å²) < 4.78 is 17.6. The number of likely N-dealkylation sites (tertiary alicyclic amines) is 1. The summed E-state index contributed by atoms with van der Waals surface area (Å²) in [5.41, 5.74) is -2.27. The van der Waals surface area contributed by atoms with Crippen molar-refractivity contribution < 1.29 is 24.2 Å². The molecule has 1 aliphatic rings. The van der Waals surface area contributed by atoms with Crippen molar-refractivity contribution in [1.82, 2.24) is 19.7 Å². The van der Waals surface area contributed by atoms with Gasteiger partial charge in [-0.15, -0.1) is 0 Å². The number of carbonyl (C=O) groups is 2. The first-order valence-electron chi connectivity index (χ1n) is 13.9. The van der Waals surface area contributed by atoms with Crippen molar-refractivity contribution in [3.63, 3.8) is 0 Å². The summed E-state index contributed by atoms with van der Waals surface area (Å²) in [4.78, 5) is 31.8. The molecule has 41 heavy (non-hydrogen) atoms. The molecule has 0 spiro atoms. The average Bonchev–Trinajstić information content (AvgIpc) is 3.15. The summed E-state index contributed by atoms with van der Waals surface area (Å²) in [5.74, 6) is -2.50. The number of aryl methyl sites for hydroxylation is 1. The van der Waals surface area contributed by atoms with E-state index in [2.05, 4.69) is 15.4 Å². The quantitative estimate of drug-likeness (QED) is 0.335. The molecule has 228 valence electrons. The zero-order valence-corrected chi connectivity index (χ0v) is 26.8. The molecule has 2 unspecified atom stereocenters. The van der Waals surface area contributed by atoms with Crippen LogP contribution in [0.5, 0.6) is 0 Å². The highest BCUT2D eigenvalue weighted by molar-refractivity contribution is 6.31. The highest BCUT2D eigenvalue weighted by Gasteiger charge is 2.64. The van der Waals surface area contributed by atoms with E-state index in [1.165, 1.54) is 11.0 Å². The predicted molar refractivity (Wildman–Crippen MR) is 158 cm³/mol. The number of aliphatic carboxylic acids is 1. The Morgan fingerprint density at radius 1 is 1.07 bits per heavy atom. The molecule has 0 aromatic carbocycles. The van der Waals surface area contributed by atoms with Crippen LogP contribution >= 0.6 is 11.6 Å². The Morgan fingerprint density at radius 3 is 2.10 bits per heavy atom. The van der Waals surface area contributed by atoms with Gasteiger partial charge < -0.3 is 20.4 Å². The van der Waals surface area contributed by atoms with Crippen molar-refractivity contribution in [3.05, 3.63) is 34.4 Å². The number of pyridine rings is 1. The van der Waals surface area contributed by atoms with Crippen LogP contribution in [0.4, 0.5) is 20.8 Å². The van der Waals surface area contributed by atoms with Crippen molar-refractivity contribution in [3.8, 4) is 0 Å². The van der Waals surface area contributed by atoms with Crippen LogP contribution in [0.25, 0.3) is 0 Å². The minimum absolute atomic E-state index is 0.00428. The van der Waals surface area contributed by atoms with E-state index in [1.54, 1.807) is 6.92 Å². The third-order valence-electron chi connectivity index (χ3n) is 8.37. The lowest BCUT2D eigenvalue weighted by Crippen LogP contribution is -2.68. The van der Waals surface area contributed by atoms with E-state index in [0.29, 0.717) is 5.82 Å². The van der Waals surface area contributed by atoms with Gasteiger partial charge >= 0.3 is 12.1 Å². The first kappa shape index (κ1) is 32.6. The molecule has 0 radical (unpaired) electrons. The number of piperidine rings is 1. The van der Waals surface area contributed by atoms with Crippen LogP contribution < -0.4 is 5.32 Å². The smallest absolute Gasteiger partial charge is 0.407 e. The van der Waals surface area contributed by atoms with Gasteiger partial charge in [-0.05, 0) is 51.4 Å². The van der Waals surface area contributed by atoms with E-state index in [-0.39, 0.29) is 35.0 Å². The molecule has 3 N–H and O–H groups in total. The van der Waals surface area contributed by atoms with Gasteiger partial charge in [0.25, 0.3) is 0 Å². The van der Waals surface area contributed by atoms with E-state index >= 15 is 4.39 Å². The summed E-state index contributed by atoms with van der Waals surface area (Å²) in [7, 11) is 0. The second-order valence-electron chi connectivity index (χ2n) is 14.6. The van der Waals surface area contributed by atoms with E-state index in [1.807, 2.05) is 80.0 Å². The molecular formula is C30H45ClFN5O4. The molecule has 1 saturated heterocycles. The molecular weight excluding hydrogens is 549 g/mol. The summed E-state index contributed by atoms with van der Waals surface area (Å²) in [6.07, 6.45) is -1.37. The maximum Gasteiger partial charge on any atom is 0.407 e. The number of nitrogens with zero attached hydrogens (tertiary/aromatic N) is 4. The number of carboxylic acid groups (broad SMARTS) is 2. The number of aromatic nitrogens is 3. The molecule has 0 bridgehead atoms. The molecule has 1 aliphatic heterocycles. The highest BCUT2D eigenvalue weighted by atomic mass is 35.5. The molecule has 11 heteroatoms. The van der Waals surface area contributed by atoms with Gasteiger partial charge in [-0.25, -0.2) is 14.2 Å². The van der Waals surface area contributed by atoms with Crippen molar-refractivity contribution in [2.75, 3.05) is 11.9 Å². The minimum Gasteiger partial charge on any atom is -0.481 e. The maximum atomic E-state index is 15.7. The van der Waals surface area contributed by atoms with E-state index in [0.717, 1.165) is 5.69 Å². The molecule has 4 atom stereocenters. The lowest BCUT2D eigenvalue weighted by Gasteiger charge is -2.60. The van der Waals surface area contributed by atoms with Gasteiger partial charge in [-0.2, -0.15) is 5.10 Å². The number of hydrogen-bond acceptors (Lipinski definition) is 5. The van der Waals surface area contributed by atoms with Gasteiger partial charge in [0.15, 0.2) is 11.6 Å². The minimum atomic E-state index is -1.55. The predicted octanol–water partition coefficient (Wildman–Crippen LogP) is 7.20. The van der Waals surface area contributed by atoms with Crippen LogP contribution in [0.2, 0.25) is 5.02 Å². The third-order valence-corrected chi connectivity index (χ3v) is 8.65. The van der Waals surface area contributed by atoms with Crippen molar-refractivity contribution in [2.45, 2.75) is 94.2 Å². The second-order valence-corrected chi connectivity index (χ2v) is 15.0. The first-order chi connectivity index (χ1) is 18.5. The zero-order valence-electron chi connectivity index (χ0n) is 26.1. The number of anilines is 2. The highest BCUT2D eigenvalue weighted by Crippen LogP contribution is 2.58. The van der Waals surface area contributed by atoms with Gasteiger partial charge in [-0.3, -0.25) is 9.48 Å². The lowest BCUT2D eigenvalue weighted by molar-refractivity contribution is -0.184. The van der Waals surface area contributed by atoms with Gasteiger partial charge in [0, 0.05) is 42.8 Å². The maximum absolute atomic E-state index is 15.7. The van der Waals surface area contributed by atoms with Gasteiger partial charge in [-0.1, -0.05) is 53.1 Å². The fourth-order valence-corrected chi connectivity index (χ4v) is 7.30. The Hall–Kier alpha value is -2.88. The SMILES string of the molecule is Cc1cc(Nc2cc(Cl)c(F)c(C[C@@]3(C(=O)O)C(C(C)(C)C)CN(C(=O)O)[C@H](C)C3C(C)(C)C)n2)nn1C(C)(C)C. The summed E-state index contributed by atoms with van der Waals surface area (Å²) >= 11 is 6.37. The van der Waals surface area contributed by atoms with Crippen molar-refractivity contribution in [2.24, 2.45) is 28.1 Å². The monoisotopic (exact) mass is 593 g/mol. The first-order valence-corrected chi connectivity index (χ1v) is 14.3. The van der Waals surface area contributed by atoms with Crippen molar-refractivity contribution in [1.29, 1.82) is 0 Å². The normalized spacial score (nSPS) is 23.9. The fourth-order valence-electron chi connectivity index (χ4n) is 7.09. The molecule has 9 nitrogen and oxygen atoms in total. The Morgan fingerprint density at radius 2 is 1.66 bits per heavy atom. The molecule has 0 aliphatic carbocycles. The van der Waals surface area contributed by atoms with Crippen molar-refractivity contribution >= 4 is 35.3 Å². The summed E-state index contributed by atoms with van der Waals surface area (Å²) in [6.45, 7) is 21.1. The molecule has 0 saturated carbocycles. The van der Waals surface area contributed by atoms with Crippen LogP contribution in [0.15, 0.2) is 12.1 Å². The van der Waals surface area contributed by atoms with Gasteiger partial charge in [0.1, 0.15) is 5.82 Å². The molecule has 1 amide bonds. The molecule has 3 rings (SSSR count). The van der Waals surface area contributed by atoms with Crippen LogP contribution in [0.3, 0.4) is 0 Å². The van der Waals surface area contributed by atoms with E-state index in [9.17, 15) is 19.8 Å². The van der Waals surface area contributed by atoms with E-state index in [4.69, 9.17) is 11.6 Å². The summed E-state index contributed by atoms with van der Waals surface area (Å²) in [6, 6.07) is 2.56. The molecule has 3 heterocycles. The number of carboxylic acids is 1. The summed E-state index contributed by atoms with van der Waals surface area (Å²) in [5, 5.41) is 28.7. The number of halogens is 2.